The third kappa shape index (κ3) is 3.03. The lowest BCUT2D eigenvalue weighted by molar-refractivity contribution is -0.134. The van der Waals surface area contributed by atoms with Crippen LogP contribution < -0.4 is 5.32 Å². The maximum absolute atomic E-state index is 12.8. The summed E-state index contributed by atoms with van der Waals surface area (Å²) in [5.41, 5.74) is 0.272. The molecule has 116 valence electrons. The summed E-state index contributed by atoms with van der Waals surface area (Å²) >= 11 is 0. The lowest BCUT2D eigenvalue weighted by Gasteiger charge is -2.39. The smallest absolute Gasteiger partial charge is 0.241 e. The van der Waals surface area contributed by atoms with Crippen LogP contribution in [-0.2, 0) is 4.79 Å². The Hall–Kier alpha value is -0.570. The fraction of sp³-hybridized carbons (Fsp3) is 0.941. The molecule has 0 aromatic carbocycles. The van der Waals surface area contributed by atoms with Crippen LogP contribution in [0, 0.1) is 11.3 Å². The van der Waals surface area contributed by atoms with E-state index < -0.39 is 0 Å². The van der Waals surface area contributed by atoms with E-state index >= 15 is 0 Å². The second-order valence-corrected chi connectivity index (χ2v) is 7.80. The number of carbonyl (C=O) groups is 1. The molecule has 1 N–H and O–H groups in total. The summed E-state index contributed by atoms with van der Waals surface area (Å²) in [7, 11) is 0. The number of amides is 1. The number of nitrogens with zero attached hydrogens (tertiary/aromatic N) is 1. The van der Waals surface area contributed by atoms with Crippen LogP contribution in [0.4, 0.5) is 0 Å². The molecule has 0 aromatic rings. The predicted octanol–water partition coefficient (Wildman–Crippen LogP) is 3.54. The van der Waals surface area contributed by atoms with Crippen LogP contribution in [0.5, 0.6) is 0 Å². The van der Waals surface area contributed by atoms with Crippen LogP contribution in [0.15, 0.2) is 0 Å². The minimum Gasteiger partial charge on any atom is -0.322 e. The minimum absolute atomic E-state index is 0.0557. The zero-order chi connectivity index (χ0) is 14.9. The SMILES string of the molecule is CCCC1NC(CC(C)C)N(C2CCCC2(C)C)C1=O. The normalized spacial score (nSPS) is 33.4. The summed E-state index contributed by atoms with van der Waals surface area (Å²) in [5, 5.41) is 3.61. The van der Waals surface area contributed by atoms with Crippen LogP contribution in [0.3, 0.4) is 0 Å². The van der Waals surface area contributed by atoms with Crippen molar-refractivity contribution in [2.24, 2.45) is 11.3 Å². The van der Waals surface area contributed by atoms with Crippen molar-refractivity contribution in [2.45, 2.75) is 91.4 Å². The molecule has 3 heteroatoms. The number of hydrogen-bond donors (Lipinski definition) is 1. The van der Waals surface area contributed by atoms with Gasteiger partial charge in [0.2, 0.25) is 5.91 Å². The van der Waals surface area contributed by atoms with Crippen LogP contribution in [0.2, 0.25) is 0 Å². The van der Waals surface area contributed by atoms with E-state index in [0.717, 1.165) is 19.3 Å². The van der Waals surface area contributed by atoms with Gasteiger partial charge in [0.25, 0.3) is 0 Å². The van der Waals surface area contributed by atoms with E-state index in [-0.39, 0.29) is 17.6 Å². The van der Waals surface area contributed by atoms with E-state index in [1.807, 2.05) is 0 Å². The molecule has 0 bridgehead atoms. The standard InChI is InChI=1S/C17H32N2O/c1-6-8-13-16(20)19(15(18-13)11-12(2)3)14-9-7-10-17(14,4)5/h12-15,18H,6-11H2,1-5H3. The average molecular weight is 280 g/mol. The highest BCUT2D eigenvalue weighted by atomic mass is 16.2. The highest BCUT2D eigenvalue weighted by Gasteiger charge is 2.48. The topological polar surface area (TPSA) is 32.3 Å². The largest absolute Gasteiger partial charge is 0.322 e. The minimum atomic E-state index is 0.0557. The molecular weight excluding hydrogens is 248 g/mol. The van der Waals surface area contributed by atoms with Crippen molar-refractivity contribution in [3.63, 3.8) is 0 Å². The van der Waals surface area contributed by atoms with Gasteiger partial charge in [0.1, 0.15) is 0 Å². The number of rotatable bonds is 5. The Morgan fingerprint density at radius 2 is 2.10 bits per heavy atom. The van der Waals surface area contributed by atoms with Gasteiger partial charge in [-0.2, -0.15) is 0 Å². The number of hydrogen-bond acceptors (Lipinski definition) is 2. The first-order valence-corrected chi connectivity index (χ1v) is 8.45. The molecule has 1 saturated carbocycles. The van der Waals surface area contributed by atoms with Gasteiger partial charge in [0.15, 0.2) is 0 Å². The van der Waals surface area contributed by atoms with Crippen LogP contribution in [0.25, 0.3) is 0 Å². The van der Waals surface area contributed by atoms with Gasteiger partial charge in [-0.15, -0.1) is 0 Å². The Bertz CT molecular complexity index is 351. The Kier molecular flexibility index (Phi) is 4.78. The van der Waals surface area contributed by atoms with E-state index in [9.17, 15) is 4.79 Å². The lowest BCUT2D eigenvalue weighted by atomic mass is 9.86. The summed E-state index contributed by atoms with van der Waals surface area (Å²) in [5.74, 6) is 0.977. The van der Waals surface area contributed by atoms with E-state index in [0.29, 0.717) is 17.9 Å². The van der Waals surface area contributed by atoms with Gasteiger partial charge >= 0.3 is 0 Å². The van der Waals surface area contributed by atoms with E-state index in [1.54, 1.807) is 0 Å². The third-order valence-corrected chi connectivity index (χ3v) is 5.09. The Morgan fingerprint density at radius 3 is 2.60 bits per heavy atom. The summed E-state index contributed by atoms with van der Waals surface area (Å²) in [6, 6.07) is 0.480. The highest BCUT2D eigenvalue weighted by Crippen LogP contribution is 2.43. The molecule has 1 heterocycles. The predicted molar refractivity (Wildman–Crippen MR) is 83.3 cm³/mol. The molecule has 3 nitrogen and oxygen atoms in total. The van der Waals surface area contributed by atoms with Crippen molar-refractivity contribution < 1.29 is 4.79 Å². The summed E-state index contributed by atoms with van der Waals surface area (Å²) in [4.78, 5) is 15.1. The highest BCUT2D eigenvalue weighted by molar-refractivity contribution is 5.84. The third-order valence-electron chi connectivity index (χ3n) is 5.09. The van der Waals surface area contributed by atoms with E-state index in [4.69, 9.17) is 0 Å². The second kappa shape index (κ2) is 6.05. The Balaban J connectivity index is 2.19. The molecule has 0 radical (unpaired) electrons. The molecule has 20 heavy (non-hydrogen) atoms. The molecule has 3 unspecified atom stereocenters. The zero-order valence-corrected chi connectivity index (χ0v) is 13.9. The van der Waals surface area contributed by atoms with Crippen molar-refractivity contribution in [3.05, 3.63) is 0 Å². The van der Waals surface area contributed by atoms with Crippen molar-refractivity contribution in [1.29, 1.82) is 0 Å². The average Bonchev–Trinajstić information content (AvgIpc) is 2.80. The van der Waals surface area contributed by atoms with Crippen molar-refractivity contribution in [1.82, 2.24) is 10.2 Å². The van der Waals surface area contributed by atoms with Gasteiger partial charge in [0.05, 0.1) is 12.2 Å². The molecule has 1 aliphatic heterocycles. The van der Waals surface area contributed by atoms with Crippen LogP contribution in [-0.4, -0.2) is 29.1 Å². The fourth-order valence-electron chi connectivity index (χ4n) is 4.04. The van der Waals surface area contributed by atoms with Gasteiger partial charge in [-0.3, -0.25) is 10.1 Å². The van der Waals surface area contributed by atoms with E-state index in [1.165, 1.54) is 19.3 Å². The second-order valence-electron chi connectivity index (χ2n) is 7.80. The molecule has 0 spiro atoms. The lowest BCUT2D eigenvalue weighted by Crippen LogP contribution is -2.49. The molecule has 1 aliphatic carbocycles. The summed E-state index contributed by atoms with van der Waals surface area (Å²) in [6.45, 7) is 11.3. The first-order valence-electron chi connectivity index (χ1n) is 8.45. The number of carbonyl (C=O) groups excluding carboxylic acids is 1. The van der Waals surface area contributed by atoms with Crippen molar-refractivity contribution >= 4 is 5.91 Å². The van der Waals surface area contributed by atoms with Gasteiger partial charge in [-0.05, 0) is 37.0 Å². The maximum atomic E-state index is 12.8. The van der Waals surface area contributed by atoms with Crippen LogP contribution >= 0.6 is 0 Å². The summed E-state index contributed by atoms with van der Waals surface area (Å²) in [6.07, 6.45) is 7.03. The molecule has 1 saturated heterocycles. The fourth-order valence-corrected chi connectivity index (χ4v) is 4.04. The molecule has 1 amide bonds. The van der Waals surface area contributed by atoms with Crippen molar-refractivity contribution in [2.75, 3.05) is 0 Å². The van der Waals surface area contributed by atoms with E-state index in [2.05, 4.69) is 44.8 Å². The number of nitrogens with one attached hydrogen (secondary N) is 1. The molecule has 3 atom stereocenters. The van der Waals surface area contributed by atoms with Gasteiger partial charge in [-0.1, -0.05) is 47.5 Å². The maximum Gasteiger partial charge on any atom is 0.241 e. The first-order chi connectivity index (χ1) is 9.36. The molecule has 2 rings (SSSR count). The van der Waals surface area contributed by atoms with Gasteiger partial charge in [-0.25, -0.2) is 0 Å². The quantitative estimate of drug-likeness (QED) is 0.835. The Labute approximate surface area is 124 Å². The van der Waals surface area contributed by atoms with Gasteiger partial charge in [0, 0.05) is 6.04 Å². The van der Waals surface area contributed by atoms with Crippen LogP contribution in [0.1, 0.15) is 73.1 Å². The molecule has 2 aliphatic rings. The first kappa shape index (κ1) is 15.8. The van der Waals surface area contributed by atoms with Gasteiger partial charge < -0.3 is 4.90 Å². The summed E-state index contributed by atoms with van der Waals surface area (Å²) < 4.78 is 0. The monoisotopic (exact) mass is 280 g/mol. The Morgan fingerprint density at radius 1 is 1.40 bits per heavy atom. The molecule has 2 fully saturated rings. The molecular formula is C17H32N2O. The van der Waals surface area contributed by atoms with Crippen molar-refractivity contribution in [3.8, 4) is 0 Å². The molecule has 0 aromatic heterocycles. The zero-order valence-electron chi connectivity index (χ0n) is 13.9.